The van der Waals surface area contributed by atoms with Crippen LogP contribution in [0.1, 0.15) is 22.8 Å². The highest BCUT2D eigenvalue weighted by Gasteiger charge is 2.16. The Kier molecular flexibility index (Phi) is 5.31. The fraction of sp³-hybridized carbons (Fsp3) is 0.158. The first-order valence-corrected chi connectivity index (χ1v) is 8.00. The lowest BCUT2D eigenvalue weighted by atomic mass is 10.2. The summed E-state index contributed by atoms with van der Waals surface area (Å²) in [6, 6.07) is 13.6. The molecular formula is C19H18N4O2. The van der Waals surface area contributed by atoms with E-state index in [0.29, 0.717) is 30.4 Å². The molecular weight excluding hydrogens is 316 g/mol. The van der Waals surface area contributed by atoms with Gasteiger partial charge in [0.05, 0.1) is 6.61 Å². The van der Waals surface area contributed by atoms with Gasteiger partial charge in [-0.15, -0.1) is 0 Å². The molecule has 0 radical (unpaired) electrons. The van der Waals surface area contributed by atoms with Gasteiger partial charge in [-0.2, -0.15) is 0 Å². The second-order valence-electron chi connectivity index (χ2n) is 5.26. The molecule has 0 amide bonds. The standard InChI is InChI=1S/C19H18N4O2/c1-2-25-19(24)16-13-22-17(15-9-6-10-20-12-15)23-18(16)21-11-14-7-4-3-5-8-14/h3-10,12-13H,2,11H2,1H3,(H,21,22,23). The van der Waals surface area contributed by atoms with Gasteiger partial charge in [0.2, 0.25) is 0 Å². The highest BCUT2D eigenvalue weighted by molar-refractivity contribution is 5.94. The Bertz CT molecular complexity index is 839. The maximum atomic E-state index is 12.2. The van der Waals surface area contributed by atoms with E-state index in [1.165, 1.54) is 6.20 Å². The van der Waals surface area contributed by atoms with E-state index in [1.54, 1.807) is 19.3 Å². The van der Waals surface area contributed by atoms with Crippen LogP contribution in [0.25, 0.3) is 11.4 Å². The minimum Gasteiger partial charge on any atom is -0.462 e. The summed E-state index contributed by atoms with van der Waals surface area (Å²) in [4.78, 5) is 25.0. The van der Waals surface area contributed by atoms with E-state index in [9.17, 15) is 4.79 Å². The van der Waals surface area contributed by atoms with Crippen molar-refractivity contribution in [2.45, 2.75) is 13.5 Å². The summed E-state index contributed by atoms with van der Waals surface area (Å²) in [6.07, 6.45) is 4.85. The molecule has 0 bridgehead atoms. The first kappa shape index (κ1) is 16.6. The summed E-state index contributed by atoms with van der Waals surface area (Å²) >= 11 is 0. The minimum atomic E-state index is -0.448. The van der Waals surface area contributed by atoms with Gasteiger partial charge in [0.15, 0.2) is 5.82 Å². The molecule has 0 saturated heterocycles. The third-order valence-corrected chi connectivity index (χ3v) is 3.51. The average molecular weight is 334 g/mol. The number of benzene rings is 1. The van der Waals surface area contributed by atoms with Gasteiger partial charge in [-0.25, -0.2) is 14.8 Å². The number of nitrogens with zero attached hydrogens (tertiary/aromatic N) is 3. The molecule has 2 aromatic heterocycles. The van der Waals surface area contributed by atoms with Crippen molar-refractivity contribution >= 4 is 11.8 Å². The number of carbonyl (C=O) groups is 1. The van der Waals surface area contributed by atoms with Crippen molar-refractivity contribution in [1.29, 1.82) is 0 Å². The van der Waals surface area contributed by atoms with Gasteiger partial charge in [-0.1, -0.05) is 30.3 Å². The predicted molar refractivity (Wildman–Crippen MR) is 95.0 cm³/mol. The Labute approximate surface area is 145 Å². The summed E-state index contributed by atoms with van der Waals surface area (Å²) in [7, 11) is 0. The van der Waals surface area contributed by atoms with E-state index in [-0.39, 0.29) is 0 Å². The van der Waals surface area contributed by atoms with Crippen LogP contribution in [0.15, 0.2) is 61.1 Å². The van der Waals surface area contributed by atoms with Crippen LogP contribution in [-0.4, -0.2) is 27.5 Å². The number of esters is 1. The maximum absolute atomic E-state index is 12.2. The molecule has 25 heavy (non-hydrogen) atoms. The summed E-state index contributed by atoms with van der Waals surface area (Å²) in [5.41, 5.74) is 2.17. The van der Waals surface area contributed by atoms with Crippen LogP contribution < -0.4 is 5.32 Å². The van der Waals surface area contributed by atoms with E-state index in [4.69, 9.17) is 4.74 Å². The molecule has 6 nitrogen and oxygen atoms in total. The Morgan fingerprint density at radius 3 is 2.68 bits per heavy atom. The van der Waals surface area contributed by atoms with Crippen LogP contribution in [-0.2, 0) is 11.3 Å². The van der Waals surface area contributed by atoms with Crippen LogP contribution in [0.2, 0.25) is 0 Å². The Balaban J connectivity index is 1.91. The number of carbonyl (C=O) groups excluding carboxylic acids is 1. The van der Waals surface area contributed by atoms with Gasteiger partial charge >= 0.3 is 5.97 Å². The van der Waals surface area contributed by atoms with Crippen molar-refractivity contribution in [3.63, 3.8) is 0 Å². The predicted octanol–water partition coefficient (Wildman–Crippen LogP) is 3.33. The van der Waals surface area contributed by atoms with Crippen LogP contribution in [0, 0.1) is 0 Å². The molecule has 3 aromatic rings. The van der Waals surface area contributed by atoms with Crippen molar-refractivity contribution in [3.8, 4) is 11.4 Å². The summed E-state index contributed by atoms with van der Waals surface area (Å²) in [5.74, 6) is 0.490. The Morgan fingerprint density at radius 2 is 1.96 bits per heavy atom. The Hall–Kier alpha value is -3.28. The topological polar surface area (TPSA) is 77.0 Å². The number of hydrogen-bond acceptors (Lipinski definition) is 6. The van der Waals surface area contributed by atoms with Crippen LogP contribution >= 0.6 is 0 Å². The first-order valence-electron chi connectivity index (χ1n) is 8.00. The summed E-state index contributed by atoms with van der Waals surface area (Å²) < 4.78 is 5.09. The number of rotatable bonds is 6. The van der Waals surface area contributed by atoms with E-state index >= 15 is 0 Å². The number of ether oxygens (including phenoxy) is 1. The molecule has 2 heterocycles. The van der Waals surface area contributed by atoms with Crippen molar-refractivity contribution in [2.75, 3.05) is 11.9 Å². The lowest BCUT2D eigenvalue weighted by Gasteiger charge is -2.12. The summed E-state index contributed by atoms with van der Waals surface area (Å²) in [5, 5.41) is 3.21. The van der Waals surface area contributed by atoms with E-state index in [1.807, 2.05) is 42.5 Å². The molecule has 0 saturated carbocycles. The second-order valence-corrected chi connectivity index (χ2v) is 5.26. The highest BCUT2D eigenvalue weighted by Crippen LogP contribution is 2.20. The second kappa shape index (κ2) is 8.01. The van der Waals surface area contributed by atoms with E-state index in [0.717, 1.165) is 11.1 Å². The molecule has 126 valence electrons. The van der Waals surface area contributed by atoms with Gasteiger partial charge < -0.3 is 10.1 Å². The van der Waals surface area contributed by atoms with Gasteiger partial charge in [-0.3, -0.25) is 4.98 Å². The molecule has 0 atom stereocenters. The fourth-order valence-corrected chi connectivity index (χ4v) is 2.29. The van der Waals surface area contributed by atoms with Crippen LogP contribution in [0.5, 0.6) is 0 Å². The molecule has 0 aliphatic heterocycles. The van der Waals surface area contributed by atoms with E-state index < -0.39 is 5.97 Å². The largest absolute Gasteiger partial charge is 0.462 e. The number of pyridine rings is 1. The zero-order valence-corrected chi connectivity index (χ0v) is 13.8. The van der Waals surface area contributed by atoms with Gasteiger partial charge in [0.1, 0.15) is 11.4 Å². The molecule has 1 aromatic carbocycles. The maximum Gasteiger partial charge on any atom is 0.343 e. The number of anilines is 1. The molecule has 0 spiro atoms. The smallest absolute Gasteiger partial charge is 0.343 e. The quantitative estimate of drug-likeness (QED) is 0.697. The van der Waals surface area contributed by atoms with E-state index in [2.05, 4.69) is 20.3 Å². The normalized spacial score (nSPS) is 10.3. The average Bonchev–Trinajstić information content (AvgIpc) is 2.68. The summed E-state index contributed by atoms with van der Waals surface area (Å²) in [6.45, 7) is 2.60. The monoisotopic (exact) mass is 334 g/mol. The van der Waals surface area contributed by atoms with Crippen LogP contribution in [0.3, 0.4) is 0 Å². The molecule has 0 aliphatic carbocycles. The van der Waals surface area contributed by atoms with Crippen molar-refractivity contribution in [1.82, 2.24) is 15.0 Å². The SMILES string of the molecule is CCOC(=O)c1cnc(-c2cccnc2)nc1NCc1ccccc1. The third-order valence-electron chi connectivity index (χ3n) is 3.51. The zero-order chi connectivity index (χ0) is 17.5. The number of hydrogen-bond donors (Lipinski definition) is 1. The fourth-order valence-electron chi connectivity index (χ4n) is 2.29. The molecule has 6 heteroatoms. The zero-order valence-electron chi connectivity index (χ0n) is 13.8. The van der Waals surface area contributed by atoms with Crippen molar-refractivity contribution < 1.29 is 9.53 Å². The molecule has 3 rings (SSSR count). The molecule has 0 fully saturated rings. The third kappa shape index (κ3) is 4.17. The molecule has 1 N–H and O–H groups in total. The van der Waals surface area contributed by atoms with Crippen LogP contribution in [0.4, 0.5) is 5.82 Å². The Morgan fingerprint density at radius 1 is 1.12 bits per heavy atom. The number of aromatic nitrogens is 3. The van der Waals surface area contributed by atoms with Gasteiger partial charge in [0.25, 0.3) is 0 Å². The minimum absolute atomic E-state index is 0.293. The van der Waals surface area contributed by atoms with Gasteiger partial charge in [-0.05, 0) is 24.6 Å². The molecule has 0 unspecified atom stereocenters. The first-order chi connectivity index (χ1) is 12.3. The lowest BCUT2D eigenvalue weighted by molar-refractivity contribution is 0.0526. The molecule has 0 aliphatic rings. The number of nitrogens with one attached hydrogen (secondary N) is 1. The lowest BCUT2D eigenvalue weighted by Crippen LogP contribution is -2.13. The van der Waals surface area contributed by atoms with Crippen molar-refractivity contribution in [3.05, 3.63) is 72.2 Å². The van der Waals surface area contributed by atoms with Crippen molar-refractivity contribution in [2.24, 2.45) is 0 Å². The highest BCUT2D eigenvalue weighted by atomic mass is 16.5. The van der Waals surface area contributed by atoms with Gasteiger partial charge in [0, 0.05) is 30.7 Å².